The first-order valence-corrected chi connectivity index (χ1v) is 9.56. The van der Waals surface area contributed by atoms with Gasteiger partial charge in [-0.15, -0.1) is 0 Å². The van der Waals surface area contributed by atoms with Crippen molar-refractivity contribution in [2.24, 2.45) is 0 Å². The van der Waals surface area contributed by atoms with Crippen molar-refractivity contribution < 1.29 is 14.3 Å². The number of aryl methyl sites for hydroxylation is 1. The molecule has 0 bridgehead atoms. The van der Waals surface area contributed by atoms with Crippen LogP contribution in [0.1, 0.15) is 26.3 Å². The van der Waals surface area contributed by atoms with Crippen molar-refractivity contribution in [2.45, 2.75) is 6.92 Å². The summed E-state index contributed by atoms with van der Waals surface area (Å²) in [5.41, 5.74) is 3.59. The van der Waals surface area contributed by atoms with Gasteiger partial charge in [0.15, 0.2) is 0 Å². The lowest BCUT2D eigenvalue weighted by Crippen LogP contribution is -2.48. The Balaban J connectivity index is 1.55. The Hall–Kier alpha value is -2.86. The van der Waals surface area contributed by atoms with Crippen LogP contribution in [0.5, 0.6) is 0 Å². The number of anilines is 1. The quantitative estimate of drug-likeness (QED) is 0.780. The lowest BCUT2D eigenvalue weighted by Gasteiger charge is -2.36. The highest BCUT2D eigenvalue weighted by molar-refractivity contribution is 5.97. The maximum atomic E-state index is 12.8. The normalized spacial score (nSPS) is 14.1. The van der Waals surface area contributed by atoms with E-state index in [4.69, 9.17) is 4.74 Å². The molecule has 1 N–H and O–H groups in total. The topological polar surface area (TPSA) is 61.9 Å². The molecule has 0 aromatic heterocycles. The maximum absolute atomic E-state index is 12.8. The van der Waals surface area contributed by atoms with Gasteiger partial charge >= 0.3 is 0 Å². The first kappa shape index (κ1) is 19.9. The molecule has 0 spiro atoms. The van der Waals surface area contributed by atoms with E-state index in [-0.39, 0.29) is 11.8 Å². The molecule has 0 radical (unpaired) electrons. The number of nitrogens with one attached hydrogen (secondary N) is 1. The highest BCUT2D eigenvalue weighted by Crippen LogP contribution is 2.19. The number of ether oxygens (including phenoxy) is 1. The number of hydrogen-bond acceptors (Lipinski definition) is 4. The van der Waals surface area contributed by atoms with Crippen molar-refractivity contribution in [3.63, 3.8) is 0 Å². The summed E-state index contributed by atoms with van der Waals surface area (Å²) in [6, 6.07) is 15.3. The molecule has 0 aliphatic carbocycles. The van der Waals surface area contributed by atoms with E-state index in [0.717, 1.165) is 13.1 Å². The summed E-state index contributed by atoms with van der Waals surface area (Å²) in [5, 5.41) is 2.77. The smallest absolute Gasteiger partial charge is 0.253 e. The van der Waals surface area contributed by atoms with E-state index in [2.05, 4.69) is 41.4 Å². The third kappa shape index (κ3) is 4.89. The van der Waals surface area contributed by atoms with Crippen molar-refractivity contribution in [3.05, 3.63) is 65.2 Å². The Morgan fingerprint density at radius 3 is 2.32 bits per heavy atom. The molecule has 1 heterocycles. The van der Waals surface area contributed by atoms with Gasteiger partial charge in [-0.25, -0.2) is 0 Å². The Bertz CT molecular complexity index is 812. The molecule has 2 aromatic carbocycles. The molecule has 0 saturated carbocycles. The van der Waals surface area contributed by atoms with Crippen LogP contribution in [0.3, 0.4) is 0 Å². The number of carbonyl (C=O) groups excluding carboxylic acids is 2. The minimum Gasteiger partial charge on any atom is -0.383 e. The summed E-state index contributed by atoms with van der Waals surface area (Å²) in [7, 11) is 1.59. The van der Waals surface area contributed by atoms with Gasteiger partial charge in [-0.2, -0.15) is 0 Å². The number of methoxy groups -OCH3 is 1. The number of amides is 2. The fourth-order valence-corrected chi connectivity index (χ4v) is 3.31. The fourth-order valence-electron chi connectivity index (χ4n) is 3.31. The largest absolute Gasteiger partial charge is 0.383 e. The Labute approximate surface area is 166 Å². The van der Waals surface area contributed by atoms with E-state index in [0.29, 0.717) is 37.4 Å². The van der Waals surface area contributed by atoms with E-state index in [9.17, 15) is 9.59 Å². The van der Waals surface area contributed by atoms with Crippen LogP contribution in [0.2, 0.25) is 0 Å². The van der Waals surface area contributed by atoms with Gasteiger partial charge < -0.3 is 19.9 Å². The standard InChI is InChI=1S/C22H27N3O3/c1-17-4-3-5-20(16-17)24-11-13-25(14-12-24)22(27)19-8-6-18(7-9-19)21(26)23-10-15-28-2/h3-9,16H,10-15H2,1-2H3,(H,23,26). The lowest BCUT2D eigenvalue weighted by molar-refractivity contribution is 0.0746. The van der Waals surface area contributed by atoms with Crippen molar-refractivity contribution >= 4 is 17.5 Å². The van der Waals surface area contributed by atoms with Crippen LogP contribution >= 0.6 is 0 Å². The van der Waals surface area contributed by atoms with Crippen molar-refractivity contribution in [3.8, 4) is 0 Å². The third-order valence-electron chi connectivity index (χ3n) is 4.92. The minimum absolute atomic E-state index is 0.00948. The Morgan fingerprint density at radius 1 is 1.00 bits per heavy atom. The van der Waals surface area contributed by atoms with Crippen molar-refractivity contribution in [1.82, 2.24) is 10.2 Å². The number of carbonyl (C=O) groups is 2. The van der Waals surface area contributed by atoms with E-state index in [1.54, 1.807) is 31.4 Å². The summed E-state index contributed by atoms with van der Waals surface area (Å²) in [6.45, 7) is 6.02. The average molecular weight is 381 g/mol. The van der Waals surface area contributed by atoms with Crippen LogP contribution in [-0.4, -0.2) is 63.2 Å². The predicted molar refractivity (Wildman–Crippen MR) is 110 cm³/mol. The summed E-state index contributed by atoms with van der Waals surface area (Å²) in [4.78, 5) is 29.0. The molecule has 2 aromatic rings. The molecule has 1 fully saturated rings. The summed E-state index contributed by atoms with van der Waals surface area (Å²) in [5.74, 6) is -0.155. The Kier molecular flexibility index (Phi) is 6.66. The molecule has 6 nitrogen and oxygen atoms in total. The highest BCUT2D eigenvalue weighted by atomic mass is 16.5. The van der Waals surface area contributed by atoms with Gasteiger partial charge in [0.1, 0.15) is 0 Å². The molecular weight excluding hydrogens is 354 g/mol. The second-order valence-electron chi connectivity index (χ2n) is 6.94. The SMILES string of the molecule is COCCNC(=O)c1ccc(C(=O)N2CCN(c3cccc(C)c3)CC2)cc1. The van der Waals surface area contributed by atoms with E-state index in [1.807, 2.05) is 4.90 Å². The zero-order chi connectivity index (χ0) is 19.9. The fraction of sp³-hybridized carbons (Fsp3) is 0.364. The predicted octanol–water partition coefficient (Wildman–Crippen LogP) is 2.33. The van der Waals surface area contributed by atoms with Gasteiger partial charge in [0.25, 0.3) is 11.8 Å². The molecule has 3 rings (SSSR count). The zero-order valence-electron chi connectivity index (χ0n) is 16.5. The van der Waals surface area contributed by atoms with Gasteiger partial charge in [-0.3, -0.25) is 9.59 Å². The molecule has 1 aliphatic rings. The summed E-state index contributed by atoms with van der Waals surface area (Å²) < 4.78 is 4.92. The van der Waals surface area contributed by atoms with Crippen molar-refractivity contribution in [2.75, 3.05) is 51.3 Å². The number of piperazine rings is 1. The van der Waals surface area contributed by atoms with Gasteiger partial charge in [-0.05, 0) is 48.9 Å². The molecule has 0 atom stereocenters. The van der Waals surface area contributed by atoms with Gasteiger partial charge in [0, 0.05) is 56.6 Å². The summed E-state index contributed by atoms with van der Waals surface area (Å²) >= 11 is 0. The van der Waals surface area contributed by atoms with Gasteiger partial charge in [0.05, 0.1) is 6.61 Å². The number of rotatable bonds is 6. The first-order valence-electron chi connectivity index (χ1n) is 9.56. The molecular formula is C22H27N3O3. The van der Waals surface area contributed by atoms with Gasteiger partial charge in [0.2, 0.25) is 0 Å². The van der Waals surface area contributed by atoms with Crippen LogP contribution < -0.4 is 10.2 Å². The van der Waals surface area contributed by atoms with Crippen LogP contribution in [-0.2, 0) is 4.74 Å². The first-order chi connectivity index (χ1) is 13.6. The van der Waals surface area contributed by atoms with Crippen LogP contribution in [0.4, 0.5) is 5.69 Å². The molecule has 1 saturated heterocycles. The van der Waals surface area contributed by atoms with E-state index < -0.39 is 0 Å². The highest BCUT2D eigenvalue weighted by Gasteiger charge is 2.22. The van der Waals surface area contributed by atoms with Crippen molar-refractivity contribution in [1.29, 1.82) is 0 Å². The van der Waals surface area contributed by atoms with E-state index in [1.165, 1.54) is 11.3 Å². The molecule has 1 aliphatic heterocycles. The molecule has 148 valence electrons. The number of nitrogens with zero attached hydrogens (tertiary/aromatic N) is 2. The zero-order valence-corrected chi connectivity index (χ0v) is 16.5. The minimum atomic E-state index is -0.164. The van der Waals surface area contributed by atoms with Crippen LogP contribution in [0, 0.1) is 6.92 Å². The molecule has 28 heavy (non-hydrogen) atoms. The van der Waals surface area contributed by atoms with Crippen LogP contribution in [0.15, 0.2) is 48.5 Å². The maximum Gasteiger partial charge on any atom is 0.253 e. The second-order valence-corrected chi connectivity index (χ2v) is 6.94. The second kappa shape index (κ2) is 9.37. The Morgan fingerprint density at radius 2 is 1.68 bits per heavy atom. The van der Waals surface area contributed by atoms with Crippen LogP contribution in [0.25, 0.3) is 0 Å². The molecule has 6 heteroatoms. The monoisotopic (exact) mass is 381 g/mol. The average Bonchev–Trinajstić information content (AvgIpc) is 2.73. The lowest BCUT2D eigenvalue weighted by atomic mass is 10.1. The molecule has 2 amide bonds. The van der Waals surface area contributed by atoms with Gasteiger partial charge in [-0.1, -0.05) is 12.1 Å². The van der Waals surface area contributed by atoms with E-state index >= 15 is 0 Å². The number of hydrogen-bond donors (Lipinski definition) is 1. The third-order valence-corrected chi connectivity index (χ3v) is 4.92. The molecule has 0 unspecified atom stereocenters. The summed E-state index contributed by atoms with van der Waals surface area (Å²) in [6.07, 6.45) is 0. The number of benzene rings is 2.